The van der Waals surface area contributed by atoms with E-state index in [4.69, 9.17) is 17.5 Å². The number of nitriles is 1. The number of nitrogens with zero attached hydrogens (tertiary/aromatic N) is 2. The van der Waals surface area contributed by atoms with Crippen LogP contribution in [0, 0.1) is 23.2 Å². The molecule has 2 rings (SSSR count). The predicted octanol–water partition coefficient (Wildman–Crippen LogP) is 3.04. The lowest BCUT2D eigenvalue weighted by Gasteiger charge is -2.22. The SMILES string of the molecule is CC1C(=S)C(C2CCCC2)=CN=C1C#N. The molecule has 1 atom stereocenters. The van der Waals surface area contributed by atoms with Gasteiger partial charge in [0.05, 0.1) is 0 Å². The molecule has 0 amide bonds. The van der Waals surface area contributed by atoms with Gasteiger partial charge in [-0.3, -0.25) is 0 Å². The van der Waals surface area contributed by atoms with Crippen LogP contribution in [0.1, 0.15) is 32.6 Å². The number of thiocarbonyl (C=S) groups is 1. The van der Waals surface area contributed by atoms with Gasteiger partial charge in [0.1, 0.15) is 11.8 Å². The summed E-state index contributed by atoms with van der Waals surface area (Å²) in [5.74, 6) is 0.634. The van der Waals surface area contributed by atoms with Crippen LogP contribution < -0.4 is 0 Å². The second-order valence-corrected chi connectivity index (χ2v) is 4.72. The van der Waals surface area contributed by atoms with E-state index in [9.17, 15) is 0 Å². The van der Waals surface area contributed by atoms with Crippen molar-refractivity contribution in [3.8, 4) is 6.07 Å². The average Bonchev–Trinajstić information content (AvgIpc) is 2.75. The predicted molar refractivity (Wildman–Crippen MR) is 64.9 cm³/mol. The van der Waals surface area contributed by atoms with Crippen molar-refractivity contribution in [2.45, 2.75) is 32.6 Å². The summed E-state index contributed by atoms with van der Waals surface area (Å²) in [7, 11) is 0. The number of rotatable bonds is 1. The quantitative estimate of drug-likeness (QED) is 0.634. The molecule has 1 fully saturated rings. The molecule has 1 saturated carbocycles. The molecule has 0 saturated heterocycles. The summed E-state index contributed by atoms with van der Waals surface area (Å²) >= 11 is 5.43. The molecule has 0 radical (unpaired) electrons. The highest BCUT2D eigenvalue weighted by Gasteiger charge is 2.28. The van der Waals surface area contributed by atoms with Gasteiger partial charge >= 0.3 is 0 Å². The van der Waals surface area contributed by atoms with Crippen LogP contribution in [0.15, 0.2) is 16.8 Å². The molecule has 3 heteroatoms. The molecular weight excluding hydrogens is 204 g/mol. The Morgan fingerprint density at radius 3 is 2.73 bits per heavy atom. The Morgan fingerprint density at radius 1 is 1.47 bits per heavy atom. The van der Waals surface area contributed by atoms with E-state index in [1.165, 1.54) is 31.3 Å². The van der Waals surface area contributed by atoms with E-state index in [0.29, 0.717) is 11.6 Å². The molecule has 1 heterocycles. The summed E-state index contributed by atoms with van der Waals surface area (Å²) in [6, 6.07) is 2.11. The maximum absolute atomic E-state index is 8.86. The molecule has 1 aliphatic carbocycles. The number of allylic oxidation sites excluding steroid dienone is 1. The van der Waals surface area contributed by atoms with Gasteiger partial charge in [-0.15, -0.1) is 0 Å². The first-order valence-electron chi connectivity index (χ1n) is 5.46. The molecule has 78 valence electrons. The van der Waals surface area contributed by atoms with Gasteiger partial charge in [0.25, 0.3) is 0 Å². The van der Waals surface area contributed by atoms with E-state index >= 15 is 0 Å². The summed E-state index contributed by atoms with van der Waals surface area (Å²) in [6.45, 7) is 1.98. The van der Waals surface area contributed by atoms with Crippen LogP contribution in [0.3, 0.4) is 0 Å². The minimum absolute atomic E-state index is 0.0330. The van der Waals surface area contributed by atoms with Crippen LogP contribution in [-0.4, -0.2) is 10.6 Å². The second kappa shape index (κ2) is 4.24. The Kier molecular flexibility index (Phi) is 2.97. The van der Waals surface area contributed by atoms with Crippen LogP contribution in [0.25, 0.3) is 0 Å². The highest BCUT2D eigenvalue weighted by Crippen LogP contribution is 2.34. The van der Waals surface area contributed by atoms with E-state index in [-0.39, 0.29) is 5.92 Å². The van der Waals surface area contributed by atoms with Crippen LogP contribution >= 0.6 is 12.2 Å². The van der Waals surface area contributed by atoms with Crippen LogP contribution in [-0.2, 0) is 0 Å². The molecule has 1 unspecified atom stereocenters. The van der Waals surface area contributed by atoms with E-state index in [1.54, 1.807) is 0 Å². The van der Waals surface area contributed by atoms with E-state index in [2.05, 4.69) is 11.1 Å². The maximum atomic E-state index is 8.86. The van der Waals surface area contributed by atoms with Crippen molar-refractivity contribution in [1.82, 2.24) is 0 Å². The number of aliphatic imine (C=N–C) groups is 1. The molecule has 0 aromatic heterocycles. The monoisotopic (exact) mass is 218 g/mol. The molecular formula is C12H14N2S. The summed E-state index contributed by atoms with van der Waals surface area (Å²) < 4.78 is 0. The molecule has 0 bridgehead atoms. The molecule has 2 nitrogen and oxygen atoms in total. The zero-order chi connectivity index (χ0) is 10.8. The van der Waals surface area contributed by atoms with Crippen molar-refractivity contribution in [3.63, 3.8) is 0 Å². The number of hydrogen-bond acceptors (Lipinski definition) is 3. The Labute approximate surface area is 95.7 Å². The van der Waals surface area contributed by atoms with Gasteiger partial charge in [0, 0.05) is 17.0 Å². The van der Waals surface area contributed by atoms with E-state index in [0.717, 1.165) is 4.86 Å². The molecule has 15 heavy (non-hydrogen) atoms. The Hall–Kier alpha value is -1.01. The smallest absolute Gasteiger partial charge is 0.125 e. The molecule has 0 spiro atoms. The van der Waals surface area contributed by atoms with E-state index < -0.39 is 0 Å². The Bertz CT molecular complexity index is 381. The zero-order valence-electron chi connectivity index (χ0n) is 8.86. The van der Waals surface area contributed by atoms with Gasteiger partial charge in [0.15, 0.2) is 0 Å². The topological polar surface area (TPSA) is 36.1 Å². The minimum Gasteiger partial charge on any atom is -0.249 e. The van der Waals surface area contributed by atoms with Crippen LogP contribution in [0.5, 0.6) is 0 Å². The fourth-order valence-electron chi connectivity index (χ4n) is 2.36. The first-order valence-corrected chi connectivity index (χ1v) is 5.87. The third-order valence-corrected chi connectivity index (χ3v) is 3.93. The van der Waals surface area contributed by atoms with Crippen molar-refractivity contribution in [2.24, 2.45) is 16.8 Å². The van der Waals surface area contributed by atoms with Crippen molar-refractivity contribution in [1.29, 1.82) is 5.26 Å². The van der Waals surface area contributed by atoms with Gasteiger partial charge < -0.3 is 0 Å². The molecule has 2 aliphatic rings. The van der Waals surface area contributed by atoms with E-state index in [1.807, 2.05) is 13.1 Å². The molecule has 0 aromatic rings. The first kappa shape index (κ1) is 10.5. The highest BCUT2D eigenvalue weighted by molar-refractivity contribution is 7.81. The van der Waals surface area contributed by atoms with Crippen LogP contribution in [0.2, 0.25) is 0 Å². The van der Waals surface area contributed by atoms with Gasteiger partial charge in [-0.1, -0.05) is 32.0 Å². The lowest BCUT2D eigenvalue weighted by atomic mass is 9.86. The lowest BCUT2D eigenvalue weighted by molar-refractivity contribution is 0.659. The first-order chi connectivity index (χ1) is 7.24. The van der Waals surface area contributed by atoms with Gasteiger partial charge in [-0.25, -0.2) is 4.99 Å². The Balaban J connectivity index is 2.26. The van der Waals surface area contributed by atoms with Crippen molar-refractivity contribution in [3.05, 3.63) is 11.8 Å². The summed E-state index contributed by atoms with van der Waals surface area (Å²) in [4.78, 5) is 5.15. The van der Waals surface area contributed by atoms with Crippen LogP contribution in [0.4, 0.5) is 0 Å². The second-order valence-electron chi connectivity index (χ2n) is 4.28. The number of hydrogen-bond donors (Lipinski definition) is 0. The van der Waals surface area contributed by atoms with Crippen molar-refractivity contribution in [2.75, 3.05) is 0 Å². The maximum Gasteiger partial charge on any atom is 0.125 e. The lowest BCUT2D eigenvalue weighted by Crippen LogP contribution is -2.25. The highest BCUT2D eigenvalue weighted by atomic mass is 32.1. The summed E-state index contributed by atoms with van der Waals surface area (Å²) in [5, 5.41) is 8.86. The summed E-state index contributed by atoms with van der Waals surface area (Å²) in [6.07, 6.45) is 6.89. The fourth-order valence-corrected chi connectivity index (χ4v) is 2.69. The van der Waals surface area contributed by atoms with Gasteiger partial charge in [0.2, 0.25) is 0 Å². The van der Waals surface area contributed by atoms with Crippen molar-refractivity contribution < 1.29 is 0 Å². The normalized spacial score (nSPS) is 27.2. The fraction of sp³-hybridized carbons (Fsp3) is 0.583. The largest absolute Gasteiger partial charge is 0.249 e. The Morgan fingerprint density at radius 2 is 2.13 bits per heavy atom. The molecule has 0 N–H and O–H groups in total. The molecule has 0 aromatic carbocycles. The standard InChI is InChI=1S/C12H14N2S/c1-8-11(6-13)14-7-10(12(8)15)9-4-2-3-5-9/h7-9H,2-5H2,1H3. The molecule has 1 aliphatic heterocycles. The minimum atomic E-state index is 0.0330. The average molecular weight is 218 g/mol. The zero-order valence-corrected chi connectivity index (χ0v) is 9.68. The third-order valence-electron chi connectivity index (χ3n) is 3.34. The van der Waals surface area contributed by atoms with Gasteiger partial charge in [-0.2, -0.15) is 5.26 Å². The summed E-state index contributed by atoms with van der Waals surface area (Å²) in [5.41, 5.74) is 1.77. The van der Waals surface area contributed by atoms with Gasteiger partial charge in [-0.05, 0) is 24.3 Å². The third kappa shape index (κ3) is 1.87. The van der Waals surface area contributed by atoms with Crippen molar-refractivity contribution >= 4 is 22.8 Å².